The van der Waals surface area contributed by atoms with Gasteiger partial charge in [0, 0.05) is 30.7 Å². The van der Waals surface area contributed by atoms with Crippen LogP contribution in [0, 0.1) is 24.7 Å². The third kappa shape index (κ3) is 8.01. The molecule has 10 atom stereocenters. The first-order chi connectivity index (χ1) is 24.4. The van der Waals surface area contributed by atoms with Gasteiger partial charge in [-0.3, -0.25) is 4.79 Å². The number of fused-ring (bicyclic) bond motifs is 2. The van der Waals surface area contributed by atoms with Crippen LogP contribution in [0.2, 0.25) is 0 Å². The summed E-state index contributed by atoms with van der Waals surface area (Å²) in [6.45, 7) is 14.9. The summed E-state index contributed by atoms with van der Waals surface area (Å²) < 4.78 is 23.4. The third-order valence-electron chi connectivity index (χ3n) is 9.97. The highest BCUT2D eigenvalue weighted by Gasteiger charge is 2.85. The van der Waals surface area contributed by atoms with Crippen molar-refractivity contribution in [3.8, 4) is 0 Å². The molecule has 2 saturated heterocycles. The number of aryl methyl sites for hydroxylation is 1. The molecule has 2 aromatic rings. The molecule has 2 fully saturated rings. The van der Waals surface area contributed by atoms with Gasteiger partial charge in [-0.1, -0.05) is 77.1 Å². The van der Waals surface area contributed by atoms with Gasteiger partial charge in [0.15, 0.2) is 6.10 Å². The van der Waals surface area contributed by atoms with E-state index in [9.17, 15) is 39.6 Å². The average Bonchev–Trinajstić information content (AvgIpc) is 3.61. The molecular weight excluding hydrogens is 694 g/mol. The quantitative estimate of drug-likeness (QED) is 0.0967. The molecule has 0 aliphatic carbocycles. The molecule has 4 N–H and O–H groups in total. The molecular formula is C38H49NO12S. The number of aromatic nitrogens is 1. The van der Waals surface area contributed by atoms with E-state index in [0.29, 0.717) is 22.9 Å². The van der Waals surface area contributed by atoms with Crippen LogP contribution in [0.4, 0.5) is 0 Å². The molecule has 4 rings (SSSR count). The standard InChI is InChI=1S/C38H49NO12S/c1-8-21(2)18-22(3)14-15-29(41)49-33-31(42)36(17-16-23(4)30(48-26(7)40)24(5)19-27-12-10-9-11-13-27)50-32(28-20-52-25(6)39-28)37(47,34(43)44)38(33,51-36)35(45)46/h9-15,20-22,24,30-33,42,47H,4,8,16-19H2,1-3,5-7H3,(H,43,44)(H,45,46)/b15-14+/t21-,22+,24+,30+,31+,32?,33+,36-,37+,38-/m0/s1. The first-order valence-electron chi connectivity index (χ1n) is 17.4. The van der Waals surface area contributed by atoms with Crippen LogP contribution in [-0.4, -0.2) is 84.6 Å². The Balaban J connectivity index is 1.75. The Labute approximate surface area is 307 Å². The van der Waals surface area contributed by atoms with E-state index in [1.807, 2.05) is 51.1 Å². The minimum Gasteiger partial charge on any atom is -0.479 e. The maximum Gasteiger partial charge on any atom is 0.344 e. The van der Waals surface area contributed by atoms with Gasteiger partial charge in [0.1, 0.15) is 18.3 Å². The Hall–Kier alpha value is -3.95. The molecule has 1 aromatic heterocycles. The predicted molar refractivity (Wildman–Crippen MR) is 189 cm³/mol. The summed E-state index contributed by atoms with van der Waals surface area (Å²) in [5.74, 6) is -8.09. The largest absolute Gasteiger partial charge is 0.479 e. The van der Waals surface area contributed by atoms with Crippen molar-refractivity contribution in [1.29, 1.82) is 0 Å². The number of aliphatic hydroxyl groups is 2. The van der Waals surface area contributed by atoms with Crippen molar-refractivity contribution in [3.05, 3.63) is 76.3 Å². The molecule has 2 bridgehead atoms. The van der Waals surface area contributed by atoms with Crippen molar-refractivity contribution in [2.75, 3.05) is 0 Å². The first kappa shape index (κ1) is 40.8. The van der Waals surface area contributed by atoms with Crippen molar-refractivity contribution in [1.82, 2.24) is 4.98 Å². The maximum atomic E-state index is 13.3. The molecule has 284 valence electrons. The fraction of sp³-hybridized carbons (Fsp3) is 0.553. The Morgan fingerprint density at radius 2 is 1.79 bits per heavy atom. The molecule has 0 saturated carbocycles. The highest BCUT2D eigenvalue weighted by Crippen LogP contribution is 2.59. The van der Waals surface area contributed by atoms with E-state index in [2.05, 4.69) is 18.5 Å². The van der Waals surface area contributed by atoms with Gasteiger partial charge in [-0.05, 0) is 49.2 Å². The number of rotatable bonds is 17. The number of benzene rings is 1. The number of esters is 2. The molecule has 0 spiro atoms. The second kappa shape index (κ2) is 16.4. The molecule has 2 aliphatic rings. The lowest BCUT2D eigenvalue weighted by atomic mass is 9.74. The highest BCUT2D eigenvalue weighted by molar-refractivity contribution is 7.09. The second-order valence-electron chi connectivity index (χ2n) is 14.1. The number of hydrogen-bond acceptors (Lipinski definition) is 12. The highest BCUT2D eigenvalue weighted by atomic mass is 32.1. The topological polar surface area (TPSA) is 199 Å². The molecule has 14 heteroatoms. The normalized spacial score (nSPS) is 29.2. The van der Waals surface area contributed by atoms with Gasteiger partial charge in [0.25, 0.3) is 0 Å². The number of ether oxygens (including phenoxy) is 4. The van der Waals surface area contributed by atoms with Crippen LogP contribution in [0.1, 0.15) is 82.7 Å². The van der Waals surface area contributed by atoms with Gasteiger partial charge >= 0.3 is 23.9 Å². The van der Waals surface area contributed by atoms with Gasteiger partial charge in [0.2, 0.25) is 17.0 Å². The number of aliphatic carboxylic acids is 2. The summed E-state index contributed by atoms with van der Waals surface area (Å²) in [4.78, 5) is 56.1. The molecule has 1 aromatic carbocycles. The van der Waals surface area contributed by atoms with Crippen molar-refractivity contribution >= 4 is 35.2 Å². The van der Waals surface area contributed by atoms with Gasteiger partial charge in [-0.2, -0.15) is 0 Å². The Morgan fingerprint density at radius 3 is 2.35 bits per heavy atom. The van der Waals surface area contributed by atoms with E-state index in [-0.39, 0.29) is 30.4 Å². The van der Waals surface area contributed by atoms with E-state index < -0.39 is 65.3 Å². The number of carbonyl (C=O) groups excluding carboxylic acids is 2. The van der Waals surface area contributed by atoms with E-state index in [1.165, 1.54) is 12.3 Å². The van der Waals surface area contributed by atoms with E-state index in [0.717, 1.165) is 35.8 Å². The lowest BCUT2D eigenvalue weighted by Crippen LogP contribution is -2.74. The van der Waals surface area contributed by atoms with Crippen LogP contribution in [0.25, 0.3) is 0 Å². The van der Waals surface area contributed by atoms with Crippen molar-refractivity contribution < 1.29 is 58.6 Å². The van der Waals surface area contributed by atoms with Gasteiger partial charge in [-0.25, -0.2) is 19.4 Å². The summed E-state index contributed by atoms with van der Waals surface area (Å²) in [5.41, 5.74) is -5.51. The maximum absolute atomic E-state index is 13.3. The lowest BCUT2D eigenvalue weighted by molar-refractivity contribution is -0.383. The number of nitrogens with zero attached hydrogens (tertiary/aromatic N) is 1. The fourth-order valence-corrected chi connectivity index (χ4v) is 7.76. The second-order valence-corrected chi connectivity index (χ2v) is 15.1. The van der Waals surface area contributed by atoms with E-state index in [1.54, 1.807) is 13.0 Å². The number of allylic oxidation sites excluding steroid dienone is 1. The third-order valence-corrected chi connectivity index (χ3v) is 10.8. The molecule has 3 heterocycles. The van der Waals surface area contributed by atoms with Gasteiger partial charge < -0.3 is 39.4 Å². The molecule has 52 heavy (non-hydrogen) atoms. The smallest absolute Gasteiger partial charge is 0.344 e. The summed E-state index contributed by atoms with van der Waals surface area (Å²) in [7, 11) is 0. The molecule has 1 unspecified atom stereocenters. The Morgan fingerprint density at radius 1 is 1.12 bits per heavy atom. The summed E-state index contributed by atoms with van der Waals surface area (Å²) in [6, 6.07) is 9.51. The zero-order chi connectivity index (χ0) is 38.6. The zero-order valence-corrected chi connectivity index (χ0v) is 31.1. The lowest BCUT2D eigenvalue weighted by Gasteiger charge is -2.49. The predicted octanol–water partition coefficient (Wildman–Crippen LogP) is 4.94. The van der Waals surface area contributed by atoms with Crippen LogP contribution < -0.4 is 0 Å². The number of aliphatic hydroxyl groups excluding tert-OH is 1. The number of carboxylic acid groups (broad SMARTS) is 2. The number of thiazole rings is 1. The number of carbonyl (C=O) groups is 4. The average molecular weight is 744 g/mol. The zero-order valence-electron chi connectivity index (χ0n) is 30.3. The van der Waals surface area contributed by atoms with Crippen LogP contribution in [-0.2, 0) is 44.5 Å². The van der Waals surface area contributed by atoms with Crippen molar-refractivity contribution in [3.63, 3.8) is 0 Å². The summed E-state index contributed by atoms with van der Waals surface area (Å²) >= 11 is 1.10. The summed E-state index contributed by atoms with van der Waals surface area (Å²) in [5, 5.41) is 47.2. The first-order valence-corrected chi connectivity index (χ1v) is 18.2. The SMILES string of the molecule is C=C(CC[C@]12OC(c3csc(C)n3)[C@@](O)(C(=O)O)[C@](C(=O)O)(O1)[C@H](OC(=O)/C=C/[C@@H](C)C[C@@H](C)CC)[C@H]2O)[C@@H](OC(C)=O)[C@H](C)Cc1ccccc1. The van der Waals surface area contributed by atoms with Crippen molar-refractivity contribution in [2.24, 2.45) is 17.8 Å². The number of carboxylic acids is 2. The Bertz CT molecular complexity index is 1660. The van der Waals surface area contributed by atoms with Gasteiger partial charge in [0.05, 0.1) is 10.7 Å². The van der Waals surface area contributed by atoms with Crippen LogP contribution >= 0.6 is 11.3 Å². The van der Waals surface area contributed by atoms with Crippen LogP contribution in [0.3, 0.4) is 0 Å². The minimum absolute atomic E-state index is 0.0664. The molecule has 13 nitrogen and oxygen atoms in total. The van der Waals surface area contributed by atoms with Gasteiger partial charge in [-0.15, -0.1) is 11.3 Å². The van der Waals surface area contributed by atoms with Crippen LogP contribution in [0.15, 0.2) is 60.0 Å². The molecule has 2 aliphatic heterocycles. The minimum atomic E-state index is -3.46. The Kier molecular flexibility index (Phi) is 12.9. The molecule has 0 amide bonds. The summed E-state index contributed by atoms with van der Waals surface area (Å²) in [6.07, 6.45) is -2.86. The van der Waals surface area contributed by atoms with Crippen LogP contribution in [0.5, 0.6) is 0 Å². The fourth-order valence-electron chi connectivity index (χ4n) is 7.13. The monoisotopic (exact) mass is 743 g/mol. The number of hydrogen-bond donors (Lipinski definition) is 4. The van der Waals surface area contributed by atoms with E-state index >= 15 is 0 Å². The van der Waals surface area contributed by atoms with E-state index in [4.69, 9.17) is 18.9 Å². The molecule has 0 radical (unpaired) electrons. The van der Waals surface area contributed by atoms with Crippen molar-refractivity contribution in [2.45, 2.75) is 115 Å².